The van der Waals surface area contributed by atoms with Crippen molar-refractivity contribution in [3.63, 3.8) is 0 Å². The quantitative estimate of drug-likeness (QED) is 0.184. The van der Waals surface area contributed by atoms with Crippen molar-refractivity contribution in [1.29, 1.82) is 0 Å². The second-order valence-corrected chi connectivity index (χ2v) is 9.94. The Morgan fingerprint density at radius 1 is 0.844 bits per heavy atom. The van der Waals surface area contributed by atoms with Gasteiger partial charge in [0.05, 0.1) is 0 Å². The zero-order valence-corrected chi connectivity index (χ0v) is 19.1. The molecule has 2 saturated carbocycles. The Bertz CT molecular complexity index is 681. The lowest BCUT2D eigenvalue weighted by Crippen LogP contribution is -2.26. The van der Waals surface area contributed by atoms with Crippen LogP contribution in [0.1, 0.15) is 89.0 Å². The summed E-state index contributed by atoms with van der Waals surface area (Å²) < 4.78 is 56.3. The van der Waals surface area contributed by atoms with Gasteiger partial charge in [0.1, 0.15) is 0 Å². The summed E-state index contributed by atoms with van der Waals surface area (Å²) in [7, 11) is 0. The van der Waals surface area contributed by atoms with Gasteiger partial charge in [0.25, 0.3) is 0 Å². The first kappa shape index (κ1) is 25.1. The van der Waals surface area contributed by atoms with E-state index >= 15 is 0 Å². The van der Waals surface area contributed by atoms with E-state index in [0.29, 0.717) is 17.9 Å². The van der Waals surface area contributed by atoms with Crippen molar-refractivity contribution in [2.75, 3.05) is 0 Å². The molecule has 0 saturated heterocycles. The maximum atomic E-state index is 13.9. The SMILES string of the molecule is C=CCCCCC1CCC(C2CCC(CCc3cc(F)c(OC(F)F)c(F)c3)CC2)CC1. The summed E-state index contributed by atoms with van der Waals surface area (Å²) in [4.78, 5) is 0. The molecular formula is C27H38F4O. The highest BCUT2D eigenvalue weighted by Gasteiger charge is 2.30. The highest BCUT2D eigenvalue weighted by atomic mass is 19.3. The van der Waals surface area contributed by atoms with Crippen molar-refractivity contribution in [3.8, 4) is 5.75 Å². The molecule has 1 nitrogen and oxygen atoms in total. The van der Waals surface area contributed by atoms with Gasteiger partial charge in [-0.2, -0.15) is 8.78 Å². The van der Waals surface area contributed by atoms with Crippen LogP contribution in [-0.2, 0) is 6.42 Å². The summed E-state index contributed by atoms with van der Waals surface area (Å²) in [6, 6.07) is 2.25. The zero-order chi connectivity index (χ0) is 22.9. The molecule has 1 aromatic carbocycles. The van der Waals surface area contributed by atoms with Crippen molar-refractivity contribution >= 4 is 0 Å². The van der Waals surface area contributed by atoms with Crippen molar-refractivity contribution < 1.29 is 22.3 Å². The molecule has 32 heavy (non-hydrogen) atoms. The lowest BCUT2D eigenvalue weighted by molar-refractivity contribution is -0.0546. The number of alkyl halides is 2. The van der Waals surface area contributed by atoms with Gasteiger partial charge >= 0.3 is 6.61 Å². The monoisotopic (exact) mass is 454 g/mol. The Kier molecular flexibility index (Phi) is 9.92. The second kappa shape index (κ2) is 12.6. The first-order valence-electron chi connectivity index (χ1n) is 12.5. The molecule has 0 radical (unpaired) electrons. The fraction of sp³-hybridized carbons (Fsp3) is 0.704. The van der Waals surface area contributed by atoms with Crippen LogP contribution in [0.25, 0.3) is 0 Å². The van der Waals surface area contributed by atoms with E-state index in [4.69, 9.17) is 0 Å². The normalized spacial score (nSPS) is 26.3. The molecule has 0 bridgehead atoms. The van der Waals surface area contributed by atoms with Gasteiger partial charge < -0.3 is 4.74 Å². The fourth-order valence-electron chi connectivity index (χ4n) is 5.95. The summed E-state index contributed by atoms with van der Waals surface area (Å²) >= 11 is 0. The van der Waals surface area contributed by atoms with Crippen LogP contribution in [0.2, 0.25) is 0 Å². The van der Waals surface area contributed by atoms with Crippen LogP contribution in [-0.4, -0.2) is 6.61 Å². The molecule has 0 unspecified atom stereocenters. The van der Waals surface area contributed by atoms with Crippen LogP contribution >= 0.6 is 0 Å². The van der Waals surface area contributed by atoms with Crippen molar-refractivity contribution in [2.45, 2.75) is 96.5 Å². The van der Waals surface area contributed by atoms with Gasteiger partial charge in [0.15, 0.2) is 17.4 Å². The van der Waals surface area contributed by atoms with Crippen molar-refractivity contribution in [1.82, 2.24) is 0 Å². The van der Waals surface area contributed by atoms with E-state index in [2.05, 4.69) is 11.3 Å². The smallest absolute Gasteiger partial charge is 0.387 e. The van der Waals surface area contributed by atoms with Gasteiger partial charge in [-0.25, -0.2) is 8.78 Å². The Hall–Kier alpha value is -1.52. The third-order valence-electron chi connectivity index (χ3n) is 7.83. The summed E-state index contributed by atoms with van der Waals surface area (Å²) in [6.45, 7) is 0.561. The molecule has 0 N–H and O–H groups in total. The maximum Gasteiger partial charge on any atom is 0.387 e. The first-order valence-corrected chi connectivity index (χ1v) is 12.5. The Morgan fingerprint density at radius 3 is 1.88 bits per heavy atom. The molecule has 5 heteroatoms. The number of rotatable bonds is 11. The lowest BCUT2D eigenvalue weighted by Gasteiger charge is -2.38. The average Bonchev–Trinajstić information content (AvgIpc) is 2.78. The molecular weight excluding hydrogens is 416 g/mol. The van der Waals surface area contributed by atoms with Gasteiger partial charge in [0, 0.05) is 0 Å². The van der Waals surface area contributed by atoms with Gasteiger partial charge in [-0.15, -0.1) is 6.58 Å². The van der Waals surface area contributed by atoms with Crippen molar-refractivity contribution in [3.05, 3.63) is 42.0 Å². The Balaban J connectivity index is 1.36. The Morgan fingerprint density at radius 2 is 1.38 bits per heavy atom. The van der Waals surface area contributed by atoms with E-state index < -0.39 is 24.0 Å². The number of halogens is 4. The molecule has 0 spiro atoms. The van der Waals surface area contributed by atoms with Gasteiger partial charge in [0.2, 0.25) is 0 Å². The summed E-state index contributed by atoms with van der Waals surface area (Å²) in [5, 5.41) is 0. The van der Waals surface area contributed by atoms with E-state index in [0.717, 1.165) is 42.7 Å². The number of allylic oxidation sites excluding steroid dienone is 1. The lowest BCUT2D eigenvalue weighted by atomic mass is 9.68. The highest BCUT2D eigenvalue weighted by molar-refractivity contribution is 5.31. The van der Waals surface area contributed by atoms with Crippen LogP contribution < -0.4 is 4.74 Å². The number of benzene rings is 1. The molecule has 2 aliphatic carbocycles. The molecule has 3 rings (SSSR count). The highest BCUT2D eigenvalue weighted by Crippen LogP contribution is 2.43. The van der Waals surface area contributed by atoms with Gasteiger partial charge in [-0.05, 0) is 92.7 Å². The topological polar surface area (TPSA) is 9.23 Å². The molecule has 2 fully saturated rings. The summed E-state index contributed by atoms with van der Waals surface area (Å²) in [5.74, 6) is 0.122. The third-order valence-corrected chi connectivity index (χ3v) is 7.83. The van der Waals surface area contributed by atoms with Crippen LogP contribution in [0.5, 0.6) is 5.75 Å². The molecule has 0 atom stereocenters. The van der Waals surface area contributed by atoms with Gasteiger partial charge in [-0.3, -0.25) is 0 Å². The van der Waals surface area contributed by atoms with E-state index in [1.807, 2.05) is 6.08 Å². The van der Waals surface area contributed by atoms with Crippen LogP contribution in [0, 0.1) is 35.3 Å². The summed E-state index contributed by atoms with van der Waals surface area (Å²) in [6.07, 6.45) is 19.0. The van der Waals surface area contributed by atoms with E-state index in [1.165, 1.54) is 70.6 Å². The minimum atomic E-state index is -3.24. The first-order chi connectivity index (χ1) is 15.5. The van der Waals surface area contributed by atoms with Crippen molar-refractivity contribution in [2.24, 2.45) is 23.7 Å². The number of ether oxygens (including phenoxy) is 1. The number of aryl methyl sites for hydroxylation is 1. The minimum Gasteiger partial charge on any atom is -0.429 e. The van der Waals surface area contributed by atoms with Crippen LogP contribution in [0.15, 0.2) is 24.8 Å². The molecule has 1 aromatic rings. The predicted octanol–water partition coefficient (Wildman–Crippen LogP) is 8.86. The molecule has 0 aliphatic heterocycles. The summed E-state index contributed by atoms with van der Waals surface area (Å²) in [5.41, 5.74) is 0.509. The third kappa shape index (κ3) is 7.52. The van der Waals surface area contributed by atoms with E-state index in [-0.39, 0.29) is 0 Å². The number of hydrogen-bond donors (Lipinski definition) is 0. The van der Waals surface area contributed by atoms with E-state index in [1.54, 1.807) is 0 Å². The molecule has 0 amide bonds. The molecule has 2 aliphatic rings. The standard InChI is InChI=1S/C27H38F4O/c1-2-3-4-5-6-19-9-13-22(14-10-19)23-15-11-20(12-16-23)7-8-21-17-24(28)26(25(29)18-21)32-27(30)31/h2,17-20,22-23,27H,1,3-16H2. The van der Waals surface area contributed by atoms with Crippen LogP contribution in [0.3, 0.4) is 0 Å². The van der Waals surface area contributed by atoms with E-state index in [9.17, 15) is 17.6 Å². The maximum absolute atomic E-state index is 13.9. The number of hydrogen-bond acceptors (Lipinski definition) is 1. The largest absolute Gasteiger partial charge is 0.429 e. The second-order valence-electron chi connectivity index (χ2n) is 9.94. The van der Waals surface area contributed by atoms with Gasteiger partial charge in [-0.1, -0.05) is 44.6 Å². The Labute approximate surface area is 190 Å². The zero-order valence-electron chi connectivity index (χ0n) is 19.1. The molecule has 0 aromatic heterocycles. The average molecular weight is 455 g/mol. The van der Waals surface area contributed by atoms with Crippen LogP contribution in [0.4, 0.5) is 17.6 Å². The predicted molar refractivity (Wildman–Crippen MR) is 121 cm³/mol. The molecule has 0 heterocycles. The molecule has 180 valence electrons. The number of unbranched alkanes of at least 4 members (excludes halogenated alkanes) is 2. The fourth-order valence-corrected chi connectivity index (χ4v) is 5.95. The minimum absolute atomic E-state index is 0.509.